The minimum absolute atomic E-state index is 0.640. The Morgan fingerprint density at radius 2 is 1.29 bits per heavy atom. The average molecular weight is 225 g/mol. The number of hydrogen-bond donors (Lipinski definition) is 1. The van der Waals surface area contributed by atoms with Crippen molar-refractivity contribution in [3.63, 3.8) is 0 Å². The molecule has 1 heteroatoms. The van der Waals surface area contributed by atoms with Crippen LogP contribution >= 0.6 is 0 Å². The van der Waals surface area contributed by atoms with E-state index in [0.29, 0.717) is 6.54 Å². The van der Waals surface area contributed by atoms with Gasteiger partial charge in [-0.3, -0.25) is 0 Å². The number of nitrogens with two attached hydrogens (primary N) is 1. The van der Waals surface area contributed by atoms with Crippen molar-refractivity contribution in [3.8, 4) is 0 Å². The standard InChI is InChI=1S/C9H10.C7H9N/c1-2-5-9-7-3-6-8(9)4-1;8-6-7-4-2-1-3-5-7/h1-2,4-5H,3,6-7H2;1-5H,6,8H2. The highest BCUT2D eigenvalue weighted by Gasteiger charge is 2.07. The van der Waals surface area contributed by atoms with E-state index in [0.717, 1.165) is 0 Å². The molecule has 1 aliphatic rings. The zero-order valence-electron chi connectivity index (χ0n) is 10.1. The van der Waals surface area contributed by atoms with Gasteiger partial charge in [-0.1, -0.05) is 54.6 Å². The van der Waals surface area contributed by atoms with E-state index < -0.39 is 0 Å². The second-order valence-corrected chi connectivity index (χ2v) is 4.31. The van der Waals surface area contributed by atoms with Gasteiger partial charge in [-0.05, 0) is 36.0 Å². The highest BCUT2D eigenvalue weighted by Crippen LogP contribution is 2.20. The summed E-state index contributed by atoms with van der Waals surface area (Å²) in [7, 11) is 0. The lowest BCUT2D eigenvalue weighted by Gasteiger charge is -1.93. The molecule has 0 aromatic heterocycles. The molecular weight excluding hydrogens is 206 g/mol. The predicted octanol–water partition coefficient (Wildman–Crippen LogP) is 3.32. The molecule has 0 saturated heterocycles. The van der Waals surface area contributed by atoms with E-state index in [1.54, 1.807) is 11.1 Å². The third-order valence-electron chi connectivity index (χ3n) is 3.09. The van der Waals surface area contributed by atoms with Gasteiger partial charge in [0.1, 0.15) is 0 Å². The molecule has 17 heavy (non-hydrogen) atoms. The maximum atomic E-state index is 5.35. The fourth-order valence-electron chi connectivity index (χ4n) is 2.13. The molecule has 3 rings (SSSR count). The Kier molecular flexibility index (Phi) is 4.34. The van der Waals surface area contributed by atoms with E-state index in [2.05, 4.69) is 24.3 Å². The van der Waals surface area contributed by atoms with Crippen molar-refractivity contribution in [2.24, 2.45) is 5.73 Å². The van der Waals surface area contributed by atoms with E-state index in [4.69, 9.17) is 5.73 Å². The summed E-state index contributed by atoms with van der Waals surface area (Å²) in [6.45, 7) is 0.640. The third kappa shape index (κ3) is 3.43. The van der Waals surface area contributed by atoms with Gasteiger partial charge in [-0.2, -0.15) is 0 Å². The van der Waals surface area contributed by atoms with E-state index >= 15 is 0 Å². The third-order valence-corrected chi connectivity index (χ3v) is 3.09. The first-order valence-corrected chi connectivity index (χ1v) is 6.21. The van der Waals surface area contributed by atoms with Gasteiger partial charge in [0.15, 0.2) is 0 Å². The molecule has 0 heterocycles. The largest absolute Gasteiger partial charge is 0.326 e. The van der Waals surface area contributed by atoms with Crippen molar-refractivity contribution in [3.05, 3.63) is 71.3 Å². The Hall–Kier alpha value is -1.60. The lowest BCUT2D eigenvalue weighted by Crippen LogP contribution is -1.94. The van der Waals surface area contributed by atoms with Crippen molar-refractivity contribution >= 4 is 0 Å². The molecule has 0 spiro atoms. The first-order valence-electron chi connectivity index (χ1n) is 6.21. The number of benzene rings is 2. The summed E-state index contributed by atoms with van der Waals surface area (Å²) in [6, 6.07) is 18.7. The van der Waals surface area contributed by atoms with Gasteiger partial charge in [0.2, 0.25) is 0 Å². The minimum Gasteiger partial charge on any atom is -0.326 e. The summed E-state index contributed by atoms with van der Waals surface area (Å²) in [5.74, 6) is 0. The highest BCUT2D eigenvalue weighted by molar-refractivity contribution is 5.30. The molecule has 0 atom stereocenters. The van der Waals surface area contributed by atoms with Crippen LogP contribution in [0, 0.1) is 0 Å². The molecule has 0 aliphatic heterocycles. The number of fused-ring (bicyclic) bond motifs is 1. The van der Waals surface area contributed by atoms with Crippen molar-refractivity contribution in [1.82, 2.24) is 0 Å². The van der Waals surface area contributed by atoms with E-state index in [1.807, 2.05) is 30.3 Å². The molecule has 0 fully saturated rings. The van der Waals surface area contributed by atoms with Crippen LogP contribution in [0.3, 0.4) is 0 Å². The average Bonchev–Trinajstić information content (AvgIpc) is 2.89. The summed E-state index contributed by atoms with van der Waals surface area (Å²) in [4.78, 5) is 0. The second-order valence-electron chi connectivity index (χ2n) is 4.31. The molecule has 0 radical (unpaired) electrons. The molecule has 2 aromatic rings. The van der Waals surface area contributed by atoms with Crippen LogP contribution in [0.4, 0.5) is 0 Å². The van der Waals surface area contributed by atoms with Crippen LogP contribution in [0.25, 0.3) is 0 Å². The van der Waals surface area contributed by atoms with Gasteiger partial charge in [-0.15, -0.1) is 0 Å². The van der Waals surface area contributed by atoms with Crippen LogP contribution in [0.5, 0.6) is 0 Å². The molecule has 88 valence electrons. The molecule has 0 unspecified atom stereocenters. The molecule has 1 nitrogen and oxygen atoms in total. The van der Waals surface area contributed by atoms with Gasteiger partial charge < -0.3 is 5.73 Å². The SMILES string of the molecule is NCc1ccccc1.c1ccc2c(c1)CCC2. The molecule has 0 bridgehead atoms. The molecule has 1 aliphatic carbocycles. The van der Waals surface area contributed by atoms with Gasteiger partial charge in [0, 0.05) is 6.54 Å². The van der Waals surface area contributed by atoms with Gasteiger partial charge in [0.05, 0.1) is 0 Å². The fraction of sp³-hybridized carbons (Fsp3) is 0.250. The van der Waals surface area contributed by atoms with Crippen molar-refractivity contribution in [1.29, 1.82) is 0 Å². The first kappa shape index (κ1) is 11.9. The summed E-state index contributed by atoms with van der Waals surface area (Å²) in [5.41, 5.74) is 9.67. The summed E-state index contributed by atoms with van der Waals surface area (Å²) in [5, 5.41) is 0. The zero-order chi connectivity index (χ0) is 11.9. The lowest BCUT2D eigenvalue weighted by atomic mass is 10.1. The van der Waals surface area contributed by atoms with E-state index in [-0.39, 0.29) is 0 Å². The highest BCUT2D eigenvalue weighted by atomic mass is 14.5. The van der Waals surface area contributed by atoms with Crippen LogP contribution in [-0.4, -0.2) is 0 Å². The first-order chi connectivity index (χ1) is 8.40. The quantitative estimate of drug-likeness (QED) is 0.791. The number of rotatable bonds is 1. The Balaban J connectivity index is 0.000000128. The van der Waals surface area contributed by atoms with E-state index in [1.165, 1.54) is 24.8 Å². The van der Waals surface area contributed by atoms with Crippen LogP contribution in [0.15, 0.2) is 54.6 Å². The minimum atomic E-state index is 0.640. The maximum absolute atomic E-state index is 5.35. The Bertz CT molecular complexity index is 425. The van der Waals surface area contributed by atoms with Crippen LogP contribution in [-0.2, 0) is 19.4 Å². The number of aryl methyl sites for hydroxylation is 2. The lowest BCUT2D eigenvalue weighted by molar-refractivity contribution is 0.912. The van der Waals surface area contributed by atoms with Gasteiger partial charge in [0.25, 0.3) is 0 Å². The Morgan fingerprint density at radius 1 is 0.765 bits per heavy atom. The topological polar surface area (TPSA) is 26.0 Å². The Labute approximate surface area is 103 Å². The fourth-order valence-corrected chi connectivity index (χ4v) is 2.13. The number of hydrogen-bond acceptors (Lipinski definition) is 1. The molecule has 0 amide bonds. The summed E-state index contributed by atoms with van der Waals surface area (Å²) < 4.78 is 0. The predicted molar refractivity (Wildman–Crippen MR) is 72.8 cm³/mol. The van der Waals surface area contributed by atoms with E-state index in [9.17, 15) is 0 Å². The second kappa shape index (κ2) is 6.21. The normalized spacial score (nSPS) is 12.5. The molecule has 2 N–H and O–H groups in total. The molecule has 0 saturated carbocycles. The molecule has 2 aromatic carbocycles. The van der Waals surface area contributed by atoms with Crippen LogP contribution in [0.1, 0.15) is 23.1 Å². The summed E-state index contributed by atoms with van der Waals surface area (Å²) in [6.07, 6.45) is 3.96. The smallest absolute Gasteiger partial charge is 0.0178 e. The molecular formula is C16H19N. The maximum Gasteiger partial charge on any atom is 0.0178 e. The van der Waals surface area contributed by atoms with Gasteiger partial charge in [-0.25, -0.2) is 0 Å². The van der Waals surface area contributed by atoms with Crippen molar-refractivity contribution < 1.29 is 0 Å². The summed E-state index contributed by atoms with van der Waals surface area (Å²) >= 11 is 0. The van der Waals surface area contributed by atoms with Crippen molar-refractivity contribution in [2.75, 3.05) is 0 Å². The van der Waals surface area contributed by atoms with Crippen LogP contribution in [0.2, 0.25) is 0 Å². The monoisotopic (exact) mass is 225 g/mol. The van der Waals surface area contributed by atoms with Gasteiger partial charge >= 0.3 is 0 Å². The van der Waals surface area contributed by atoms with Crippen molar-refractivity contribution in [2.45, 2.75) is 25.8 Å². The Morgan fingerprint density at radius 3 is 1.76 bits per heavy atom. The van der Waals surface area contributed by atoms with Crippen LogP contribution < -0.4 is 5.73 Å². The zero-order valence-corrected chi connectivity index (χ0v) is 10.1.